The lowest BCUT2D eigenvalue weighted by molar-refractivity contribution is -0.118. The summed E-state index contributed by atoms with van der Waals surface area (Å²) in [5.41, 5.74) is 5.64. The number of carbonyl (C=O) groups is 2. The molecule has 0 aliphatic heterocycles. The molecular weight excluding hydrogens is 340 g/mol. The van der Waals surface area contributed by atoms with E-state index in [4.69, 9.17) is 0 Å². The zero-order valence-electron chi connectivity index (χ0n) is 14.5. The average Bonchev–Trinajstić information content (AvgIpc) is 3.20. The summed E-state index contributed by atoms with van der Waals surface area (Å²) in [4.78, 5) is 23.6. The molecule has 0 spiro atoms. The van der Waals surface area contributed by atoms with Crippen LogP contribution in [0.4, 0.5) is 10.5 Å². The quantitative estimate of drug-likeness (QED) is 0.811. The summed E-state index contributed by atoms with van der Waals surface area (Å²) in [5, 5.41) is 2.79. The summed E-state index contributed by atoms with van der Waals surface area (Å²) in [6.07, 6.45) is 6.19. The molecule has 0 unspecified atom stereocenters. The molecule has 2 aliphatic carbocycles. The van der Waals surface area contributed by atoms with Gasteiger partial charge in [0, 0.05) is 18.5 Å². The summed E-state index contributed by atoms with van der Waals surface area (Å²) in [6.45, 7) is 1.69. The summed E-state index contributed by atoms with van der Waals surface area (Å²) < 4.78 is 26.0. The van der Waals surface area contributed by atoms with Gasteiger partial charge in [-0.3, -0.25) is 4.79 Å². The highest BCUT2D eigenvalue weighted by Gasteiger charge is 2.26. The number of hydrogen-bond donors (Lipinski definition) is 2. The Morgan fingerprint density at radius 1 is 1.04 bits per heavy atom. The molecule has 0 radical (unpaired) electrons. The summed E-state index contributed by atoms with van der Waals surface area (Å²) in [5.74, 6) is -0.498. The molecule has 2 aliphatic rings. The van der Waals surface area contributed by atoms with E-state index < -0.39 is 16.1 Å². The predicted molar refractivity (Wildman–Crippen MR) is 96.3 cm³/mol. The highest BCUT2D eigenvalue weighted by molar-refractivity contribution is 7.90. The first-order valence-corrected chi connectivity index (χ1v) is 10.5. The monoisotopic (exact) mass is 364 g/mol. The van der Waals surface area contributed by atoms with Crippen LogP contribution < -0.4 is 10.0 Å². The molecular formula is C18H24N2O4S. The number of Topliss-reactive ketones (excluding diaryl/α,β-unsaturated/α-hetero) is 1. The third-order valence-corrected chi connectivity index (χ3v) is 6.24. The van der Waals surface area contributed by atoms with Crippen LogP contribution in [0, 0.1) is 0 Å². The summed E-state index contributed by atoms with van der Waals surface area (Å²) >= 11 is 0. The zero-order chi connectivity index (χ0) is 18.0. The number of carbonyl (C=O) groups excluding carboxylic acids is 2. The molecule has 0 saturated carbocycles. The van der Waals surface area contributed by atoms with Crippen molar-refractivity contribution in [3.8, 4) is 0 Å². The van der Waals surface area contributed by atoms with Crippen LogP contribution in [-0.4, -0.2) is 26.0 Å². The van der Waals surface area contributed by atoms with Crippen LogP contribution >= 0.6 is 0 Å². The molecule has 0 aromatic heterocycles. The van der Waals surface area contributed by atoms with E-state index in [1.165, 1.54) is 11.1 Å². The Balaban J connectivity index is 1.73. The second-order valence-corrected chi connectivity index (χ2v) is 8.59. The first-order chi connectivity index (χ1) is 11.9. The molecule has 0 fully saturated rings. The minimum Gasteiger partial charge on any atom is -0.307 e. The van der Waals surface area contributed by atoms with Crippen molar-refractivity contribution in [3.05, 3.63) is 28.3 Å². The SMILES string of the molecule is CCC(=O)CCS(=O)(=O)NC(=O)Nc1c2c(cc3c1CCC3)CCC2. The number of benzene rings is 1. The molecule has 0 bridgehead atoms. The van der Waals surface area contributed by atoms with Gasteiger partial charge in [-0.25, -0.2) is 17.9 Å². The van der Waals surface area contributed by atoms with E-state index in [-0.39, 0.29) is 18.0 Å². The summed E-state index contributed by atoms with van der Waals surface area (Å²) in [7, 11) is -3.82. The maximum Gasteiger partial charge on any atom is 0.332 e. The van der Waals surface area contributed by atoms with Crippen molar-refractivity contribution in [1.29, 1.82) is 0 Å². The molecule has 136 valence electrons. The van der Waals surface area contributed by atoms with Gasteiger partial charge in [0.25, 0.3) is 0 Å². The Bertz CT molecular complexity index is 783. The zero-order valence-corrected chi connectivity index (χ0v) is 15.3. The predicted octanol–water partition coefficient (Wildman–Crippen LogP) is 2.48. The number of anilines is 1. The van der Waals surface area contributed by atoms with E-state index in [0.717, 1.165) is 55.3 Å². The van der Waals surface area contributed by atoms with Crippen molar-refractivity contribution in [2.75, 3.05) is 11.1 Å². The fourth-order valence-electron chi connectivity index (χ4n) is 3.72. The highest BCUT2D eigenvalue weighted by atomic mass is 32.2. The van der Waals surface area contributed by atoms with E-state index >= 15 is 0 Å². The molecule has 3 rings (SSSR count). The van der Waals surface area contributed by atoms with Crippen molar-refractivity contribution < 1.29 is 18.0 Å². The minimum absolute atomic E-state index is 0.0742. The largest absolute Gasteiger partial charge is 0.332 e. The topological polar surface area (TPSA) is 92.3 Å². The maximum atomic E-state index is 12.3. The minimum atomic E-state index is -3.82. The third kappa shape index (κ3) is 4.03. The van der Waals surface area contributed by atoms with Gasteiger partial charge in [0.1, 0.15) is 5.78 Å². The number of ketones is 1. The number of sulfonamides is 1. The van der Waals surface area contributed by atoms with Crippen molar-refractivity contribution in [2.45, 2.75) is 58.3 Å². The van der Waals surface area contributed by atoms with E-state index in [0.29, 0.717) is 6.42 Å². The standard InChI is InChI=1S/C18H24N2O4S/c1-2-14(21)9-10-25(23,24)20-18(22)19-17-15-7-3-5-12(15)11-13-6-4-8-16(13)17/h11H,2-10H2,1H3,(H2,19,20,22). The lowest BCUT2D eigenvalue weighted by Gasteiger charge is -2.16. The number of aryl methyl sites for hydroxylation is 2. The molecule has 0 heterocycles. The molecule has 7 heteroatoms. The van der Waals surface area contributed by atoms with Gasteiger partial charge in [0.15, 0.2) is 0 Å². The van der Waals surface area contributed by atoms with Crippen molar-refractivity contribution in [1.82, 2.24) is 4.72 Å². The molecule has 1 aromatic carbocycles. The smallest absolute Gasteiger partial charge is 0.307 e. The van der Waals surface area contributed by atoms with Crippen LogP contribution in [0.2, 0.25) is 0 Å². The number of fused-ring (bicyclic) bond motifs is 2. The molecule has 25 heavy (non-hydrogen) atoms. The van der Waals surface area contributed by atoms with Gasteiger partial charge in [0.05, 0.1) is 5.75 Å². The Morgan fingerprint density at radius 2 is 1.64 bits per heavy atom. The number of hydrogen-bond acceptors (Lipinski definition) is 4. The van der Waals surface area contributed by atoms with Crippen LogP contribution in [0.3, 0.4) is 0 Å². The first kappa shape index (κ1) is 17.9. The van der Waals surface area contributed by atoms with Gasteiger partial charge >= 0.3 is 6.03 Å². The van der Waals surface area contributed by atoms with E-state index in [9.17, 15) is 18.0 Å². The average molecular weight is 364 g/mol. The van der Waals surface area contributed by atoms with Crippen LogP contribution in [0.1, 0.15) is 54.9 Å². The molecule has 2 amide bonds. The van der Waals surface area contributed by atoms with Gasteiger partial charge in [-0.05, 0) is 60.8 Å². The second-order valence-electron chi connectivity index (χ2n) is 6.75. The van der Waals surface area contributed by atoms with Crippen molar-refractivity contribution in [2.24, 2.45) is 0 Å². The fourth-order valence-corrected chi connectivity index (χ4v) is 4.66. The number of urea groups is 1. The van der Waals surface area contributed by atoms with Gasteiger partial charge in [-0.1, -0.05) is 13.0 Å². The van der Waals surface area contributed by atoms with Crippen LogP contribution in [0.15, 0.2) is 6.07 Å². The Kier molecular flexibility index (Phi) is 5.13. The molecule has 1 aromatic rings. The molecule has 2 N–H and O–H groups in total. The Hall–Kier alpha value is -1.89. The molecule has 0 saturated heterocycles. The van der Waals surface area contributed by atoms with Crippen molar-refractivity contribution >= 4 is 27.5 Å². The summed E-state index contributed by atoms with van der Waals surface area (Å²) in [6, 6.07) is 1.51. The first-order valence-electron chi connectivity index (χ1n) is 8.89. The van der Waals surface area contributed by atoms with E-state index in [2.05, 4.69) is 11.4 Å². The van der Waals surface area contributed by atoms with E-state index in [1.807, 2.05) is 4.72 Å². The van der Waals surface area contributed by atoms with Gasteiger partial charge in [-0.2, -0.15) is 0 Å². The molecule has 6 nitrogen and oxygen atoms in total. The third-order valence-electron chi connectivity index (χ3n) is 5.00. The lowest BCUT2D eigenvalue weighted by Crippen LogP contribution is -2.36. The maximum absolute atomic E-state index is 12.3. The van der Waals surface area contributed by atoms with Gasteiger partial charge in [0.2, 0.25) is 10.0 Å². The van der Waals surface area contributed by atoms with Crippen molar-refractivity contribution in [3.63, 3.8) is 0 Å². The van der Waals surface area contributed by atoms with Gasteiger partial charge in [-0.15, -0.1) is 0 Å². The number of amides is 2. The number of nitrogens with one attached hydrogen (secondary N) is 2. The highest BCUT2D eigenvalue weighted by Crippen LogP contribution is 2.38. The fraction of sp³-hybridized carbons (Fsp3) is 0.556. The lowest BCUT2D eigenvalue weighted by atomic mass is 9.99. The number of rotatable bonds is 6. The Morgan fingerprint density at radius 3 is 2.20 bits per heavy atom. The van der Waals surface area contributed by atoms with Gasteiger partial charge < -0.3 is 5.32 Å². The van der Waals surface area contributed by atoms with E-state index in [1.54, 1.807) is 6.92 Å². The van der Waals surface area contributed by atoms with Crippen LogP contribution in [0.25, 0.3) is 0 Å². The second kappa shape index (κ2) is 7.15. The normalized spacial score (nSPS) is 15.6. The van der Waals surface area contributed by atoms with Crippen LogP contribution in [0.5, 0.6) is 0 Å². The van der Waals surface area contributed by atoms with Crippen LogP contribution in [-0.2, 0) is 40.5 Å². The Labute approximate surface area is 148 Å². The molecule has 0 atom stereocenters.